The second kappa shape index (κ2) is 5.82. The summed E-state index contributed by atoms with van der Waals surface area (Å²) < 4.78 is 32.8. The second-order valence-electron chi connectivity index (χ2n) is 4.84. The fraction of sp³-hybridized carbons (Fsp3) is 0.357. The molecule has 1 aliphatic heterocycles. The van der Waals surface area contributed by atoms with Crippen LogP contribution in [0.15, 0.2) is 46.0 Å². The molecular formula is C14H16N2O3S2. The largest absolute Gasteiger partial charge is 0.465 e. The zero-order valence-corrected chi connectivity index (χ0v) is 13.2. The first kappa shape index (κ1) is 14.6. The molecule has 112 valence electrons. The van der Waals surface area contributed by atoms with Crippen LogP contribution in [0.25, 0.3) is 0 Å². The Hall–Kier alpha value is -1.31. The van der Waals surface area contributed by atoms with Crippen LogP contribution in [0.2, 0.25) is 0 Å². The summed E-state index contributed by atoms with van der Waals surface area (Å²) in [5.41, 5.74) is 0. The van der Waals surface area contributed by atoms with Gasteiger partial charge >= 0.3 is 0 Å². The van der Waals surface area contributed by atoms with E-state index in [2.05, 4.69) is 4.98 Å². The number of aromatic nitrogens is 1. The van der Waals surface area contributed by atoms with E-state index in [9.17, 15) is 8.42 Å². The maximum Gasteiger partial charge on any atom is 0.245 e. The van der Waals surface area contributed by atoms with Gasteiger partial charge in [-0.05, 0) is 31.2 Å². The molecule has 2 aromatic rings. The summed E-state index contributed by atoms with van der Waals surface area (Å²) in [6.45, 7) is 2.34. The zero-order chi connectivity index (χ0) is 14.9. The molecule has 1 saturated heterocycles. The zero-order valence-electron chi connectivity index (χ0n) is 11.6. The summed E-state index contributed by atoms with van der Waals surface area (Å²) in [4.78, 5) is 4.14. The van der Waals surface area contributed by atoms with E-state index in [0.29, 0.717) is 18.1 Å². The first-order chi connectivity index (χ1) is 10.1. The normalized spacial score (nSPS) is 20.5. The van der Waals surface area contributed by atoms with E-state index < -0.39 is 10.0 Å². The third kappa shape index (κ3) is 2.86. The van der Waals surface area contributed by atoms with Gasteiger partial charge in [-0.3, -0.25) is 4.98 Å². The molecule has 7 heteroatoms. The fourth-order valence-electron chi connectivity index (χ4n) is 2.37. The third-order valence-corrected chi connectivity index (χ3v) is 6.32. The van der Waals surface area contributed by atoms with E-state index in [0.717, 1.165) is 11.5 Å². The lowest BCUT2D eigenvalue weighted by Gasteiger charge is -2.33. The molecule has 5 nitrogen and oxygen atoms in total. The van der Waals surface area contributed by atoms with Crippen LogP contribution in [0.1, 0.15) is 17.6 Å². The molecule has 2 aromatic heterocycles. The van der Waals surface area contributed by atoms with Crippen LogP contribution < -0.4 is 0 Å². The van der Waals surface area contributed by atoms with Crippen molar-refractivity contribution in [2.45, 2.75) is 17.9 Å². The predicted octanol–water partition coefficient (Wildman–Crippen LogP) is 2.46. The maximum absolute atomic E-state index is 12.8. The van der Waals surface area contributed by atoms with Gasteiger partial charge in [0.25, 0.3) is 0 Å². The average Bonchev–Trinajstić information content (AvgIpc) is 2.95. The summed E-state index contributed by atoms with van der Waals surface area (Å²) in [7, 11) is -3.55. The molecule has 0 radical (unpaired) electrons. The summed E-state index contributed by atoms with van der Waals surface area (Å²) >= 11 is 1.74. The van der Waals surface area contributed by atoms with Crippen molar-refractivity contribution in [2.75, 3.05) is 18.1 Å². The van der Waals surface area contributed by atoms with Crippen molar-refractivity contribution in [1.82, 2.24) is 9.29 Å². The number of pyridine rings is 1. The van der Waals surface area contributed by atoms with Crippen molar-refractivity contribution in [2.24, 2.45) is 0 Å². The Bertz CT molecular complexity index is 713. The molecule has 1 atom stereocenters. The van der Waals surface area contributed by atoms with Crippen molar-refractivity contribution >= 4 is 21.8 Å². The molecule has 0 saturated carbocycles. The lowest BCUT2D eigenvalue weighted by molar-refractivity contribution is 0.305. The van der Waals surface area contributed by atoms with E-state index >= 15 is 0 Å². The van der Waals surface area contributed by atoms with Gasteiger partial charge in [-0.15, -0.1) is 0 Å². The molecule has 3 heterocycles. The highest BCUT2D eigenvalue weighted by molar-refractivity contribution is 7.99. The van der Waals surface area contributed by atoms with E-state index in [1.54, 1.807) is 30.1 Å². The smallest absolute Gasteiger partial charge is 0.245 e. The van der Waals surface area contributed by atoms with Crippen molar-refractivity contribution < 1.29 is 12.8 Å². The van der Waals surface area contributed by atoms with Crippen molar-refractivity contribution in [3.63, 3.8) is 0 Å². The quantitative estimate of drug-likeness (QED) is 0.868. The van der Waals surface area contributed by atoms with Crippen LogP contribution in [-0.2, 0) is 10.0 Å². The van der Waals surface area contributed by atoms with Gasteiger partial charge in [0, 0.05) is 30.4 Å². The van der Waals surface area contributed by atoms with Gasteiger partial charge in [0.2, 0.25) is 10.0 Å². The number of aryl methyl sites for hydroxylation is 1. The van der Waals surface area contributed by atoms with Gasteiger partial charge in [0.1, 0.15) is 16.4 Å². The first-order valence-electron chi connectivity index (χ1n) is 6.65. The Morgan fingerprint density at radius 1 is 1.38 bits per heavy atom. The standard InChI is InChI=1S/C14H16N2O3S2/c1-11-4-5-14(19-11)13-10-20-8-7-16(13)21(17,18)12-3-2-6-15-9-12/h2-6,9,13H,7-8,10H2,1H3/t13-/m1/s1. The third-order valence-electron chi connectivity index (χ3n) is 3.41. The number of sulfonamides is 1. The monoisotopic (exact) mass is 324 g/mol. The Morgan fingerprint density at radius 2 is 2.24 bits per heavy atom. The summed E-state index contributed by atoms with van der Waals surface area (Å²) in [6.07, 6.45) is 2.96. The van der Waals surface area contributed by atoms with Crippen LogP contribution in [0.5, 0.6) is 0 Å². The number of hydrogen-bond acceptors (Lipinski definition) is 5. The maximum atomic E-state index is 12.8. The van der Waals surface area contributed by atoms with E-state index in [4.69, 9.17) is 4.42 Å². The molecule has 0 unspecified atom stereocenters. The van der Waals surface area contributed by atoms with Gasteiger partial charge in [-0.1, -0.05) is 0 Å². The van der Waals surface area contributed by atoms with Crippen LogP contribution in [-0.4, -0.2) is 35.8 Å². The summed E-state index contributed by atoms with van der Waals surface area (Å²) in [5.74, 6) is 2.98. The van der Waals surface area contributed by atoms with Crippen LogP contribution in [0.3, 0.4) is 0 Å². The van der Waals surface area contributed by atoms with Crippen LogP contribution in [0.4, 0.5) is 0 Å². The minimum absolute atomic E-state index is 0.227. The van der Waals surface area contributed by atoms with Crippen LogP contribution >= 0.6 is 11.8 Å². The average molecular weight is 324 g/mol. The minimum Gasteiger partial charge on any atom is -0.465 e. The number of hydrogen-bond donors (Lipinski definition) is 0. The predicted molar refractivity (Wildman–Crippen MR) is 81.6 cm³/mol. The molecule has 3 rings (SSSR count). The van der Waals surface area contributed by atoms with Crippen molar-refractivity contribution in [3.05, 3.63) is 48.2 Å². The molecule has 0 N–H and O–H groups in total. The number of nitrogens with zero attached hydrogens (tertiary/aromatic N) is 2. The Kier molecular flexibility index (Phi) is 4.05. The highest BCUT2D eigenvalue weighted by Crippen LogP contribution is 2.34. The highest BCUT2D eigenvalue weighted by atomic mass is 32.2. The summed E-state index contributed by atoms with van der Waals surface area (Å²) in [6, 6.07) is 6.68. The topological polar surface area (TPSA) is 63.4 Å². The molecule has 0 aromatic carbocycles. The van der Waals surface area contributed by atoms with Crippen molar-refractivity contribution in [3.8, 4) is 0 Å². The first-order valence-corrected chi connectivity index (χ1v) is 9.24. The molecule has 1 aliphatic rings. The molecule has 0 aliphatic carbocycles. The Labute approximate surface area is 128 Å². The van der Waals surface area contributed by atoms with E-state index in [-0.39, 0.29) is 10.9 Å². The number of thioether (sulfide) groups is 1. The van der Waals surface area contributed by atoms with Gasteiger partial charge in [-0.2, -0.15) is 16.1 Å². The van der Waals surface area contributed by atoms with E-state index in [1.165, 1.54) is 10.5 Å². The Balaban J connectivity index is 1.98. The fourth-order valence-corrected chi connectivity index (χ4v) is 5.20. The molecule has 21 heavy (non-hydrogen) atoms. The molecule has 0 bridgehead atoms. The lowest BCUT2D eigenvalue weighted by atomic mass is 10.2. The van der Waals surface area contributed by atoms with Crippen LogP contribution in [0, 0.1) is 6.92 Å². The van der Waals surface area contributed by atoms with Gasteiger partial charge < -0.3 is 4.42 Å². The van der Waals surface area contributed by atoms with E-state index in [1.807, 2.05) is 19.1 Å². The minimum atomic E-state index is -3.55. The Morgan fingerprint density at radius 3 is 2.90 bits per heavy atom. The van der Waals surface area contributed by atoms with Gasteiger partial charge in [0.05, 0.1) is 6.04 Å². The number of rotatable bonds is 3. The van der Waals surface area contributed by atoms with Crippen molar-refractivity contribution in [1.29, 1.82) is 0 Å². The molecule has 1 fully saturated rings. The molecule has 0 spiro atoms. The second-order valence-corrected chi connectivity index (χ2v) is 7.88. The van der Waals surface area contributed by atoms with Gasteiger partial charge in [-0.25, -0.2) is 8.42 Å². The van der Waals surface area contributed by atoms with Gasteiger partial charge in [0.15, 0.2) is 0 Å². The molecular weight excluding hydrogens is 308 g/mol. The summed E-state index contributed by atoms with van der Waals surface area (Å²) in [5, 5.41) is 0. The highest BCUT2D eigenvalue weighted by Gasteiger charge is 2.36. The molecule has 0 amide bonds. The number of furan rings is 1. The lowest BCUT2D eigenvalue weighted by Crippen LogP contribution is -2.40. The SMILES string of the molecule is Cc1ccc([C@H]2CSCCN2S(=O)(=O)c2cccnc2)o1.